The van der Waals surface area contributed by atoms with Crippen molar-refractivity contribution in [2.45, 2.75) is 12.6 Å². The lowest BCUT2D eigenvalue weighted by molar-refractivity contribution is -0.387. The molecule has 2 aliphatic rings. The number of piperazine rings is 1. The molecular formula is C14H19FN4O2. The maximum absolute atomic E-state index is 13.6. The van der Waals surface area contributed by atoms with Crippen LogP contribution in [0.5, 0.6) is 0 Å². The summed E-state index contributed by atoms with van der Waals surface area (Å²) in [5, 5.41) is 13.9. The molecule has 1 aromatic carbocycles. The number of nitrogens with zero attached hydrogens (tertiary/aromatic N) is 3. The summed E-state index contributed by atoms with van der Waals surface area (Å²) in [6, 6.07) is 4.75. The molecule has 1 N–H and O–H groups in total. The number of nitrogens with one attached hydrogen (secondary N) is 1. The van der Waals surface area contributed by atoms with Crippen LogP contribution in [0.2, 0.25) is 0 Å². The van der Waals surface area contributed by atoms with Gasteiger partial charge < -0.3 is 5.32 Å². The smallest absolute Gasteiger partial charge is 0.304 e. The van der Waals surface area contributed by atoms with E-state index in [-0.39, 0.29) is 0 Å². The van der Waals surface area contributed by atoms with Gasteiger partial charge in [-0.3, -0.25) is 19.9 Å². The van der Waals surface area contributed by atoms with Gasteiger partial charge in [0.1, 0.15) is 0 Å². The lowest BCUT2D eigenvalue weighted by Crippen LogP contribution is -2.62. The summed E-state index contributed by atoms with van der Waals surface area (Å²) in [5.41, 5.74) is 0.331. The van der Waals surface area contributed by atoms with E-state index in [2.05, 4.69) is 15.1 Å². The molecule has 2 aliphatic heterocycles. The predicted molar refractivity (Wildman–Crippen MR) is 76.6 cm³/mol. The van der Waals surface area contributed by atoms with Crippen molar-refractivity contribution in [1.29, 1.82) is 0 Å². The van der Waals surface area contributed by atoms with Gasteiger partial charge in [-0.05, 0) is 11.6 Å². The van der Waals surface area contributed by atoms with E-state index < -0.39 is 16.4 Å². The molecule has 2 saturated heterocycles. The van der Waals surface area contributed by atoms with Crippen LogP contribution in [0.4, 0.5) is 10.1 Å². The van der Waals surface area contributed by atoms with Crippen molar-refractivity contribution in [3.05, 3.63) is 39.7 Å². The van der Waals surface area contributed by atoms with Crippen molar-refractivity contribution in [1.82, 2.24) is 15.1 Å². The Morgan fingerprint density at radius 3 is 2.67 bits per heavy atom. The Morgan fingerprint density at radius 2 is 2.05 bits per heavy atom. The minimum atomic E-state index is -0.753. The fraction of sp³-hybridized carbons (Fsp3) is 0.571. The van der Waals surface area contributed by atoms with Gasteiger partial charge in [-0.2, -0.15) is 4.39 Å². The van der Waals surface area contributed by atoms with Crippen LogP contribution in [0.1, 0.15) is 5.56 Å². The molecule has 0 atom stereocenters. The third kappa shape index (κ3) is 3.20. The largest absolute Gasteiger partial charge is 0.314 e. The van der Waals surface area contributed by atoms with E-state index in [1.807, 2.05) is 0 Å². The van der Waals surface area contributed by atoms with Crippen LogP contribution >= 0.6 is 0 Å². The Labute approximate surface area is 122 Å². The second kappa shape index (κ2) is 6.05. The average molecular weight is 294 g/mol. The van der Waals surface area contributed by atoms with Crippen molar-refractivity contribution in [2.24, 2.45) is 0 Å². The summed E-state index contributed by atoms with van der Waals surface area (Å²) in [6.45, 7) is 6.89. The molecule has 7 heteroatoms. The highest BCUT2D eigenvalue weighted by Gasteiger charge is 2.32. The van der Waals surface area contributed by atoms with Crippen molar-refractivity contribution in [2.75, 3.05) is 39.3 Å². The van der Waals surface area contributed by atoms with Gasteiger partial charge >= 0.3 is 5.69 Å². The summed E-state index contributed by atoms with van der Waals surface area (Å²) < 4.78 is 13.6. The number of benzene rings is 1. The van der Waals surface area contributed by atoms with Gasteiger partial charge in [-0.1, -0.05) is 6.07 Å². The van der Waals surface area contributed by atoms with Crippen LogP contribution in [0, 0.1) is 15.9 Å². The zero-order chi connectivity index (χ0) is 14.8. The SMILES string of the molecule is O=[N+]([O-])c1ccc(CN2CC(N3CCNCC3)C2)cc1F. The molecule has 0 aromatic heterocycles. The molecule has 0 spiro atoms. The maximum atomic E-state index is 13.6. The highest BCUT2D eigenvalue weighted by Crippen LogP contribution is 2.22. The van der Waals surface area contributed by atoms with Gasteiger partial charge in [0.05, 0.1) is 4.92 Å². The van der Waals surface area contributed by atoms with Gasteiger partial charge in [-0.15, -0.1) is 0 Å². The number of hydrogen-bond acceptors (Lipinski definition) is 5. The van der Waals surface area contributed by atoms with E-state index in [0.717, 1.165) is 44.8 Å². The highest BCUT2D eigenvalue weighted by molar-refractivity contribution is 5.35. The number of rotatable bonds is 4. The van der Waals surface area contributed by atoms with Crippen LogP contribution in [0.3, 0.4) is 0 Å². The average Bonchev–Trinajstić information content (AvgIpc) is 2.43. The molecule has 2 heterocycles. The molecule has 21 heavy (non-hydrogen) atoms. The first-order valence-corrected chi connectivity index (χ1v) is 7.23. The van der Waals surface area contributed by atoms with Gasteiger partial charge in [0.25, 0.3) is 0 Å². The van der Waals surface area contributed by atoms with E-state index in [1.165, 1.54) is 12.1 Å². The van der Waals surface area contributed by atoms with E-state index in [4.69, 9.17) is 0 Å². The van der Waals surface area contributed by atoms with Gasteiger partial charge in [0.15, 0.2) is 0 Å². The topological polar surface area (TPSA) is 61.7 Å². The van der Waals surface area contributed by atoms with Crippen molar-refractivity contribution in [3.8, 4) is 0 Å². The molecule has 0 aliphatic carbocycles. The van der Waals surface area contributed by atoms with Crippen LogP contribution < -0.4 is 5.32 Å². The van der Waals surface area contributed by atoms with Crippen LogP contribution in [0.15, 0.2) is 18.2 Å². The van der Waals surface area contributed by atoms with Gasteiger partial charge in [-0.25, -0.2) is 0 Å². The third-order valence-electron chi connectivity index (χ3n) is 4.22. The normalized spacial score (nSPS) is 21.2. The minimum Gasteiger partial charge on any atom is -0.314 e. The lowest BCUT2D eigenvalue weighted by atomic mass is 10.0. The third-order valence-corrected chi connectivity index (χ3v) is 4.22. The second-order valence-electron chi connectivity index (χ2n) is 5.68. The second-order valence-corrected chi connectivity index (χ2v) is 5.68. The van der Waals surface area contributed by atoms with Crippen LogP contribution in [-0.2, 0) is 6.54 Å². The first-order chi connectivity index (χ1) is 10.1. The molecule has 1 aromatic rings. The quantitative estimate of drug-likeness (QED) is 0.658. The fourth-order valence-corrected chi connectivity index (χ4v) is 3.00. The summed E-state index contributed by atoms with van der Waals surface area (Å²) in [4.78, 5) is 14.6. The minimum absolute atomic E-state index is 0.457. The Bertz CT molecular complexity index is 528. The summed E-state index contributed by atoms with van der Waals surface area (Å²) >= 11 is 0. The van der Waals surface area contributed by atoms with E-state index >= 15 is 0 Å². The molecule has 0 radical (unpaired) electrons. The Hall–Kier alpha value is -1.57. The first-order valence-electron chi connectivity index (χ1n) is 7.23. The molecule has 6 nitrogen and oxygen atoms in total. The maximum Gasteiger partial charge on any atom is 0.304 e. The standard InChI is InChI=1S/C14H19FN4O2/c15-13-7-11(1-2-14(13)19(20)21)8-17-9-12(10-17)18-5-3-16-4-6-18/h1-2,7,12,16H,3-6,8-10H2. The van der Waals surface area contributed by atoms with Crippen molar-refractivity contribution < 1.29 is 9.31 Å². The molecule has 2 fully saturated rings. The molecular weight excluding hydrogens is 275 g/mol. The monoisotopic (exact) mass is 294 g/mol. The number of halogens is 1. The van der Waals surface area contributed by atoms with E-state index in [9.17, 15) is 14.5 Å². The summed E-state index contributed by atoms with van der Waals surface area (Å²) in [5.74, 6) is -0.753. The summed E-state index contributed by atoms with van der Waals surface area (Å²) in [6.07, 6.45) is 0. The predicted octanol–water partition coefficient (Wildman–Crippen LogP) is 0.823. The Morgan fingerprint density at radius 1 is 1.33 bits per heavy atom. The molecule has 0 bridgehead atoms. The van der Waals surface area contributed by atoms with Gasteiger partial charge in [0.2, 0.25) is 5.82 Å². The molecule has 114 valence electrons. The zero-order valence-electron chi connectivity index (χ0n) is 11.8. The fourth-order valence-electron chi connectivity index (χ4n) is 3.00. The zero-order valence-corrected chi connectivity index (χ0v) is 11.8. The molecule has 0 amide bonds. The number of hydrogen-bond donors (Lipinski definition) is 1. The molecule has 3 rings (SSSR count). The van der Waals surface area contributed by atoms with Crippen LogP contribution in [0.25, 0.3) is 0 Å². The highest BCUT2D eigenvalue weighted by atomic mass is 19.1. The van der Waals surface area contributed by atoms with E-state index in [0.29, 0.717) is 12.6 Å². The number of likely N-dealkylation sites (tertiary alicyclic amines) is 1. The van der Waals surface area contributed by atoms with Gasteiger partial charge in [0, 0.05) is 57.9 Å². The Balaban J connectivity index is 1.52. The first kappa shape index (κ1) is 14.4. The lowest BCUT2D eigenvalue weighted by Gasteiger charge is -2.46. The van der Waals surface area contributed by atoms with Crippen molar-refractivity contribution >= 4 is 5.69 Å². The number of nitro benzene ring substituents is 1. The summed E-state index contributed by atoms with van der Waals surface area (Å²) in [7, 11) is 0. The van der Waals surface area contributed by atoms with E-state index in [1.54, 1.807) is 6.07 Å². The molecule has 0 saturated carbocycles. The van der Waals surface area contributed by atoms with Crippen molar-refractivity contribution in [3.63, 3.8) is 0 Å². The van der Waals surface area contributed by atoms with Crippen LogP contribution in [-0.4, -0.2) is 60.0 Å². The Kier molecular flexibility index (Phi) is 4.14. The molecule has 0 unspecified atom stereocenters. The number of nitro groups is 1.